The van der Waals surface area contributed by atoms with Crippen molar-refractivity contribution in [2.45, 2.75) is 65.0 Å². The Kier molecular flexibility index (Phi) is 7.11. The normalized spacial score (nSPS) is 12.6. The quantitative estimate of drug-likeness (QED) is 0.672. The molecule has 0 aromatic rings. The lowest BCUT2D eigenvalue weighted by Crippen LogP contribution is -2.44. The molecule has 1 atom stereocenters. The molecule has 0 aliphatic rings. The van der Waals surface area contributed by atoms with E-state index in [4.69, 9.17) is 10.5 Å². The summed E-state index contributed by atoms with van der Waals surface area (Å²) in [7, 11) is 0. The van der Waals surface area contributed by atoms with E-state index in [0.717, 1.165) is 0 Å². The number of ether oxygens (including phenoxy) is 1. The molecule has 0 spiro atoms. The van der Waals surface area contributed by atoms with Crippen LogP contribution in [0.1, 0.15) is 53.4 Å². The number of amides is 2. The molecule has 6 nitrogen and oxygen atoms in total. The molecule has 0 radical (unpaired) electrons. The summed E-state index contributed by atoms with van der Waals surface area (Å²) < 4.78 is 5.21. The summed E-state index contributed by atoms with van der Waals surface area (Å²) in [5, 5.41) is 2.57. The summed E-state index contributed by atoms with van der Waals surface area (Å²) in [6.45, 7) is 7.09. The van der Waals surface area contributed by atoms with Crippen LogP contribution in [0.3, 0.4) is 0 Å². The van der Waals surface area contributed by atoms with Gasteiger partial charge in [-0.15, -0.1) is 0 Å². The van der Waals surface area contributed by atoms with Crippen molar-refractivity contribution in [2.75, 3.05) is 0 Å². The van der Waals surface area contributed by atoms with Crippen molar-refractivity contribution >= 4 is 17.8 Å². The van der Waals surface area contributed by atoms with E-state index < -0.39 is 23.5 Å². The van der Waals surface area contributed by atoms with Crippen molar-refractivity contribution < 1.29 is 19.1 Å². The molecule has 6 heteroatoms. The molecule has 0 aliphatic carbocycles. The van der Waals surface area contributed by atoms with Crippen molar-refractivity contribution in [1.29, 1.82) is 0 Å². The standard InChI is InChI=1S/C13H24N2O4/c1-5-6-11(17)15-9(7-8-10(14)16)12(18)19-13(2,3)4/h9H,5-8H2,1-4H3,(H2,14,16)(H,15,17). The average molecular weight is 272 g/mol. The largest absolute Gasteiger partial charge is 0.458 e. The van der Waals surface area contributed by atoms with Gasteiger partial charge in [-0.2, -0.15) is 0 Å². The van der Waals surface area contributed by atoms with E-state index in [1.54, 1.807) is 20.8 Å². The fraction of sp³-hybridized carbons (Fsp3) is 0.769. The second kappa shape index (κ2) is 7.76. The van der Waals surface area contributed by atoms with Gasteiger partial charge in [0.05, 0.1) is 0 Å². The molecule has 0 rings (SSSR count). The minimum Gasteiger partial charge on any atom is -0.458 e. The lowest BCUT2D eigenvalue weighted by molar-refractivity contribution is -0.158. The summed E-state index contributed by atoms with van der Waals surface area (Å²) in [6.07, 6.45) is 1.19. The first kappa shape index (κ1) is 17.4. The van der Waals surface area contributed by atoms with Crippen molar-refractivity contribution in [2.24, 2.45) is 5.73 Å². The summed E-state index contributed by atoms with van der Waals surface area (Å²) in [6, 6.07) is -0.828. The Labute approximate surface area is 114 Å². The number of nitrogens with one attached hydrogen (secondary N) is 1. The highest BCUT2D eigenvalue weighted by Crippen LogP contribution is 2.11. The number of carbonyl (C=O) groups excluding carboxylic acids is 3. The molecule has 110 valence electrons. The first-order valence-corrected chi connectivity index (χ1v) is 6.46. The molecule has 19 heavy (non-hydrogen) atoms. The maximum absolute atomic E-state index is 11.9. The predicted molar refractivity (Wildman–Crippen MR) is 71.1 cm³/mol. The van der Waals surface area contributed by atoms with Gasteiger partial charge in [-0.25, -0.2) is 4.79 Å². The van der Waals surface area contributed by atoms with Crippen LogP contribution in [-0.2, 0) is 19.1 Å². The average Bonchev–Trinajstić information content (AvgIpc) is 2.21. The van der Waals surface area contributed by atoms with Crippen LogP contribution in [0.15, 0.2) is 0 Å². The maximum atomic E-state index is 11.9. The van der Waals surface area contributed by atoms with Crippen LogP contribution in [0.25, 0.3) is 0 Å². The van der Waals surface area contributed by atoms with Gasteiger partial charge in [0, 0.05) is 12.8 Å². The number of primary amides is 1. The lowest BCUT2D eigenvalue weighted by Gasteiger charge is -2.24. The monoisotopic (exact) mass is 272 g/mol. The zero-order valence-electron chi connectivity index (χ0n) is 12.1. The Bertz CT molecular complexity index is 334. The van der Waals surface area contributed by atoms with Crippen molar-refractivity contribution in [3.8, 4) is 0 Å². The molecular weight excluding hydrogens is 248 g/mol. The molecule has 0 heterocycles. The second-order valence-electron chi connectivity index (χ2n) is 5.41. The highest BCUT2D eigenvalue weighted by Gasteiger charge is 2.26. The SMILES string of the molecule is CCCC(=O)NC(CCC(N)=O)C(=O)OC(C)(C)C. The number of hydrogen-bond donors (Lipinski definition) is 2. The van der Waals surface area contributed by atoms with E-state index in [-0.39, 0.29) is 18.7 Å². The van der Waals surface area contributed by atoms with Gasteiger partial charge in [-0.3, -0.25) is 9.59 Å². The minimum absolute atomic E-state index is 0.0241. The van der Waals surface area contributed by atoms with Gasteiger partial charge in [0.2, 0.25) is 11.8 Å². The van der Waals surface area contributed by atoms with Crippen LogP contribution in [0, 0.1) is 0 Å². The van der Waals surface area contributed by atoms with Crippen molar-refractivity contribution in [3.63, 3.8) is 0 Å². The molecule has 0 aromatic carbocycles. The van der Waals surface area contributed by atoms with Gasteiger partial charge in [0.15, 0.2) is 0 Å². The number of carbonyl (C=O) groups is 3. The number of hydrogen-bond acceptors (Lipinski definition) is 4. The van der Waals surface area contributed by atoms with Crippen LogP contribution < -0.4 is 11.1 Å². The third kappa shape index (κ3) is 9.04. The molecular formula is C13H24N2O4. The summed E-state index contributed by atoms with van der Waals surface area (Å²) in [5.41, 5.74) is 4.41. The van der Waals surface area contributed by atoms with Gasteiger partial charge in [0.25, 0.3) is 0 Å². The van der Waals surface area contributed by atoms with Crippen molar-refractivity contribution in [3.05, 3.63) is 0 Å². The summed E-state index contributed by atoms with van der Waals surface area (Å²) >= 11 is 0. The molecule has 3 N–H and O–H groups in total. The smallest absolute Gasteiger partial charge is 0.329 e. The fourth-order valence-corrected chi connectivity index (χ4v) is 1.40. The molecule has 0 aromatic heterocycles. The molecule has 0 saturated carbocycles. The van der Waals surface area contributed by atoms with Crippen LogP contribution in [-0.4, -0.2) is 29.4 Å². The van der Waals surface area contributed by atoms with Gasteiger partial charge in [-0.1, -0.05) is 6.92 Å². The Morgan fingerprint density at radius 1 is 1.21 bits per heavy atom. The van der Waals surface area contributed by atoms with Gasteiger partial charge >= 0.3 is 5.97 Å². The Hall–Kier alpha value is -1.59. The molecule has 1 unspecified atom stereocenters. The van der Waals surface area contributed by atoms with E-state index >= 15 is 0 Å². The third-order valence-corrected chi connectivity index (χ3v) is 2.18. The minimum atomic E-state index is -0.828. The summed E-state index contributed by atoms with van der Waals surface area (Å²) in [4.78, 5) is 34.2. The van der Waals surface area contributed by atoms with E-state index in [1.165, 1.54) is 0 Å². The Morgan fingerprint density at radius 2 is 1.79 bits per heavy atom. The molecule has 0 saturated heterocycles. The van der Waals surface area contributed by atoms with E-state index in [0.29, 0.717) is 12.8 Å². The van der Waals surface area contributed by atoms with Crippen LogP contribution in [0.2, 0.25) is 0 Å². The molecule has 0 aliphatic heterocycles. The van der Waals surface area contributed by atoms with Crippen LogP contribution in [0.5, 0.6) is 0 Å². The predicted octanol–water partition coefficient (Wildman–Crippen LogP) is 0.879. The number of esters is 1. The molecule has 0 bridgehead atoms. The number of nitrogens with two attached hydrogens (primary N) is 1. The zero-order valence-corrected chi connectivity index (χ0v) is 12.1. The Balaban J connectivity index is 4.60. The second-order valence-corrected chi connectivity index (χ2v) is 5.41. The summed E-state index contributed by atoms with van der Waals surface area (Å²) in [5.74, 6) is -1.29. The first-order chi connectivity index (χ1) is 8.65. The van der Waals surface area contributed by atoms with Gasteiger partial charge in [0.1, 0.15) is 11.6 Å². The maximum Gasteiger partial charge on any atom is 0.329 e. The van der Waals surface area contributed by atoms with E-state index in [9.17, 15) is 14.4 Å². The zero-order chi connectivity index (χ0) is 15.1. The highest BCUT2D eigenvalue weighted by atomic mass is 16.6. The molecule has 0 fully saturated rings. The highest BCUT2D eigenvalue weighted by molar-refractivity contribution is 5.85. The lowest BCUT2D eigenvalue weighted by atomic mass is 10.1. The topological polar surface area (TPSA) is 98.5 Å². The fourth-order valence-electron chi connectivity index (χ4n) is 1.40. The number of rotatable bonds is 7. The van der Waals surface area contributed by atoms with Crippen molar-refractivity contribution in [1.82, 2.24) is 5.32 Å². The van der Waals surface area contributed by atoms with E-state index in [1.807, 2.05) is 6.92 Å². The van der Waals surface area contributed by atoms with Crippen LogP contribution in [0.4, 0.5) is 0 Å². The van der Waals surface area contributed by atoms with Gasteiger partial charge in [-0.05, 0) is 33.6 Å². The first-order valence-electron chi connectivity index (χ1n) is 6.46. The third-order valence-electron chi connectivity index (χ3n) is 2.18. The molecule has 2 amide bonds. The van der Waals surface area contributed by atoms with E-state index in [2.05, 4.69) is 5.32 Å². The van der Waals surface area contributed by atoms with Gasteiger partial charge < -0.3 is 15.8 Å². The van der Waals surface area contributed by atoms with Crippen LogP contribution >= 0.6 is 0 Å². The Morgan fingerprint density at radius 3 is 2.21 bits per heavy atom.